The van der Waals surface area contributed by atoms with Crippen LogP contribution in [-0.2, 0) is 13.1 Å². The Kier molecular flexibility index (Phi) is 5.79. The molecule has 0 fully saturated rings. The highest BCUT2D eigenvalue weighted by atomic mass is 35.5. The Labute approximate surface area is 156 Å². The molecule has 3 aromatic carbocycles. The van der Waals surface area contributed by atoms with E-state index in [1.165, 1.54) is 12.1 Å². The van der Waals surface area contributed by atoms with Crippen molar-refractivity contribution < 1.29 is 4.39 Å². The third-order valence-corrected chi connectivity index (χ3v) is 4.33. The summed E-state index contributed by atoms with van der Waals surface area (Å²) < 4.78 is 13.1. The Morgan fingerprint density at radius 3 is 2.20 bits per heavy atom. The number of nitrogens with one attached hydrogen (secondary N) is 2. The smallest absolute Gasteiger partial charge is 0.124 e. The van der Waals surface area contributed by atoms with E-state index < -0.39 is 0 Å². The molecule has 0 heterocycles. The SMILES string of the molecule is Fc1ccc(CNc2cccc(NCc3cccc(Cl)c3)c2)c(Cl)c1. The van der Waals surface area contributed by atoms with Crippen LogP contribution in [0.4, 0.5) is 15.8 Å². The fraction of sp³-hybridized carbons (Fsp3) is 0.100. The standard InChI is InChI=1S/C20H17Cl2FN2/c21-16-4-1-3-14(9-16)12-24-18-5-2-6-19(11-18)25-13-15-7-8-17(23)10-20(15)22/h1-11,24-25H,12-13H2. The van der Waals surface area contributed by atoms with Gasteiger partial charge in [-0.25, -0.2) is 4.39 Å². The molecule has 128 valence electrons. The minimum atomic E-state index is -0.332. The van der Waals surface area contributed by atoms with Gasteiger partial charge in [-0.15, -0.1) is 0 Å². The molecule has 3 rings (SSSR count). The Bertz CT molecular complexity index is 868. The summed E-state index contributed by atoms with van der Waals surface area (Å²) in [6, 6.07) is 20.1. The van der Waals surface area contributed by atoms with Crippen molar-refractivity contribution in [2.45, 2.75) is 13.1 Å². The topological polar surface area (TPSA) is 24.1 Å². The van der Waals surface area contributed by atoms with Gasteiger partial charge in [0.25, 0.3) is 0 Å². The first-order chi connectivity index (χ1) is 12.1. The van der Waals surface area contributed by atoms with Crippen molar-refractivity contribution in [2.24, 2.45) is 0 Å². The van der Waals surface area contributed by atoms with Gasteiger partial charge < -0.3 is 10.6 Å². The highest BCUT2D eigenvalue weighted by Gasteiger charge is 2.03. The second-order valence-corrected chi connectivity index (χ2v) is 6.50. The van der Waals surface area contributed by atoms with Gasteiger partial charge in [0.2, 0.25) is 0 Å². The van der Waals surface area contributed by atoms with Crippen molar-refractivity contribution in [1.29, 1.82) is 0 Å². The number of anilines is 2. The predicted molar refractivity (Wildman–Crippen MR) is 104 cm³/mol. The van der Waals surface area contributed by atoms with Crippen LogP contribution in [0.1, 0.15) is 11.1 Å². The summed E-state index contributed by atoms with van der Waals surface area (Å²) in [4.78, 5) is 0. The zero-order valence-corrected chi connectivity index (χ0v) is 14.9. The molecule has 0 saturated heterocycles. The quantitative estimate of drug-likeness (QED) is 0.524. The second-order valence-electron chi connectivity index (χ2n) is 5.65. The van der Waals surface area contributed by atoms with Crippen LogP contribution in [0.15, 0.2) is 66.7 Å². The van der Waals surface area contributed by atoms with Crippen molar-refractivity contribution in [3.05, 3.63) is 93.7 Å². The zero-order valence-electron chi connectivity index (χ0n) is 13.4. The maximum atomic E-state index is 13.1. The molecule has 2 N–H and O–H groups in total. The third kappa shape index (κ3) is 5.12. The number of hydrogen-bond donors (Lipinski definition) is 2. The average Bonchev–Trinajstić information content (AvgIpc) is 2.60. The maximum absolute atomic E-state index is 13.1. The van der Waals surface area contributed by atoms with Gasteiger partial charge in [-0.2, -0.15) is 0 Å². The molecule has 0 aromatic heterocycles. The minimum Gasteiger partial charge on any atom is -0.381 e. The summed E-state index contributed by atoms with van der Waals surface area (Å²) in [5.41, 5.74) is 3.91. The zero-order chi connectivity index (χ0) is 17.6. The lowest BCUT2D eigenvalue weighted by atomic mass is 10.2. The van der Waals surface area contributed by atoms with Crippen LogP contribution in [0.5, 0.6) is 0 Å². The monoisotopic (exact) mass is 374 g/mol. The van der Waals surface area contributed by atoms with Gasteiger partial charge in [0.1, 0.15) is 5.82 Å². The first kappa shape index (κ1) is 17.6. The van der Waals surface area contributed by atoms with Gasteiger partial charge in [0, 0.05) is 34.5 Å². The predicted octanol–water partition coefficient (Wildman–Crippen LogP) is 6.36. The van der Waals surface area contributed by atoms with Gasteiger partial charge in [-0.1, -0.05) is 47.5 Å². The van der Waals surface area contributed by atoms with Crippen LogP contribution in [0.25, 0.3) is 0 Å². The molecule has 0 amide bonds. The number of hydrogen-bond acceptors (Lipinski definition) is 2. The Balaban J connectivity index is 1.61. The van der Waals surface area contributed by atoms with Crippen molar-refractivity contribution in [2.75, 3.05) is 10.6 Å². The maximum Gasteiger partial charge on any atom is 0.124 e. The molecule has 0 aliphatic heterocycles. The van der Waals surface area contributed by atoms with Crippen molar-refractivity contribution in [1.82, 2.24) is 0 Å². The van der Waals surface area contributed by atoms with Crippen LogP contribution >= 0.6 is 23.2 Å². The average molecular weight is 375 g/mol. The summed E-state index contributed by atoms with van der Waals surface area (Å²) in [5, 5.41) is 7.82. The molecule has 0 bridgehead atoms. The molecule has 0 unspecified atom stereocenters. The largest absolute Gasteiger partial charge is 0.381 e. The Morgan fingerprint density at radius 2 is 1.48 bits per heavy atom. The van der Waals surface area contributed by atoms with E-state index in [-0.39, 0.29) is 5.82 Å². The Hall–Kier alpha value is -2.23. The van der Waals surface area contributed by atoms with Crippen LogP contribution in [0.3, 0.4) is 0 Å². The summed E-state index contributed by atoms with van der Waals surface area (Å²) in [6.45, 7) is 1.21. The van der Waals surface area contributed by atoms with Crippen LogP contribution < -0.4 is 10.6 Å². The van der Waals surface area contributed by atoms with E-state index in [9.17, 15) is 4.39 Å². The molecule has 0 saturated carbocycles. The highest BCUT2D eigenvalue weighted by molar-refractivity contribution is 6.31. The van der Waals surface area contributed by atoms with Gasteiger partial charge >= 0.3 is 0 Å². The summed E-state index contributed by atoms with van der Waals surface area (Å²) >= 11 is 12.1. The molecular formula is C20H17Cl2FN2. The number of rotatable bonds is 6. The number of halogens is 3. The van der Waals surface area contributed by atoms with E-state index in [4.69, 9.17) is 23.2 Å². The molecule has 2 nitrogen and oxygen atoms in total. The Morgan fingerprint density at radius 1 is 0.760 bits per heavy atom. The van der Waals surface area contributed by atoms with Crippen LogP contribution in [0.2, 0.25) is 10.0 Å². The summed E-state index contributed by atoms with van der Waals surface area (Å²) in [5.74, 6) is -0.332. The van der Waals surface area contributed by atoms with Crippen LogP contribution in [0, 0.1) is 5.82 Å². The van der Waals surface area contributed by atoms with Crippen molar-refractivity contribution in [3.8, 4) is 0 Å². The first-order valence-electron chi connectivity index (χ1n) is 7.86. The molecule has 3 aromatic rings. The van der Waals surface area contributed by atoms with E-state index in [0.29, 0.717) is 18.1 Å². The fourth-order valence-electron chi connectivity index (χ4n) is 2.45. The van der Waals surface area contributed by atoms with Gasteiger partial charge in [-0.3, -0.25) is 0 Å². The van der Waals surface area contributed by atoms with Gasteiger partial charge in [0.05, 0.1) is 0 Å². The van der Waals surface area contributed by atoms with E-state index in [1.807, 2.05) is 48.5 Å². The molecular weight excluding hydrogens is 358 g/mol. The lowest BCUT2D eigenvalue weighted by Crippen LogP contribution is -2.02. The second kappa shape index (κ2) is 8.24. The van der Waals surface area contributed by atoms with E-state index in [1.54, 1.807) is 6.07 Å². The molecule has 0 spiro atoms. The van der Waals surface area contributed by atoms with E-state index in [2.05, 4.69) is 10.6 Å². The molecule has 25 heavy (non-hydrogen) atoms. The van der Waals surface area contributed by atoms with Gasteiger partial charge in [0.15, 0.2) is 0 Å². The number of benzene rings is 3. The normalized spacial score (nSPS) is 10.5. The summed E-state index contributed by atoms with van der Waals surface area (Å²) in [7, 11) is 0. The summed E-state index contributed by atoms with van der Waals surface area (Å²) in [6.07, 6.45) is 0. The molecule has 0 atom stereocenters. The van der Waals surface area contributed by atoms with E-state index in [0.717, 1.165) is 27.5 Å². The van der Waals surface area contributed by atoms with Crippen LogP contribution in [-0.4, -0.2) is 0 Å². The third-order valence-electron chi connectivity index (χ3n) is 3.75. The van der Waals surface area contributed by atoms with E-state index >= 15 is 0 Å². The van der Waals surface area contributed by atoms with Crippen molar-refractivity contribution in [3.63, 3.8) is 0 Å². The lowest BCUT2D eigenvalue weighted by Gasteiger charge is -2.11. The molecule has 0 aliphatic carbocycles. The fourth-order valence-corrected chi connectivity index (χ4v) is 2.90. The highest BCUT2D eigenvalue weighted by Crippen LogP contribution is 2.21. The van der Waals surface area contributed by atoms with Crippen molar-refractivity contribution >= 4 is 34.6 Å². The first-order valence-corrected chi connectivity index (χ1v) is 8.62. The lowest BCUT2D eigenvalue weighted by molar-refractivity contribution is 0.627. The molecule has 0 radical (unpaired) electrons. The van der Waals surface area contributed by atoms with Gasteiger partial charge in [-0.05, 0) is 53.6 Å². The molecule has 5 heteroatoms. The molecule has 0 aliphatic rings. The minimum absolute atomic E-state index is 0.332.